The van der Waals surface area contributed by atoms with Crippen molar-refractivity contribution in [1.82, 2.24) is 9.88 Å². The summed E-state index contributed by atoms with van der Waals surface area (Å²) < 4.78 is 11.2. The molecule has 0 spiro atoms. The van der Waals surface area contributed by atoms with Crippen molar-refractivity contribution in [3.05, 3.63) is 40.3 Å². The van der Waals surface area contributed by atoms with Gasteiger partial charge in [0.25, 0.3) is 0 Å². The van der Waals surface area contributed by atoms with Crippen LogP contribution in [0, 0.1) is 0 Å². The molecule has 27 heavy (non-hydrogen) atoms. The van der Waals surface area contributed by atoms with E-state index in [0.29, 0.717) is 25.6 Å². The van der Waals surface area contributed by atoms with Crippen LogP contribution in [-0.4, -0.2) is 34.7 Å². The van der Waals surface area contributed by atoms with Crippen molar-refractivity contribution in [2.75, 3.05) is 13.1 Å². The molecule has 0 N–H and O–H groups in total. The molecule has 1 fully saturated rings. The Kier molecular flexibility index (Phi) is 6.32. The Labute approximate surface area is 170 Å². The predicted molar refractivity (Wildman–Crippen MR) is 110 cm³/mol. The van der Waals surface area contributed by atoms with E-state index in [1.807, 2.05) is 45.0 Å². The summed E-state index contributed by atoms with van der Waals surface area (Å²) in [6.07, 6.45) is 1.61. The summed E-state index contributed by atoms with van der Waals surface area (Å²) in [5, 5.41) is 3.19. The normalized spacial score (nSPS) is 15.6. The minimum absolute atomic E-state index is 0.221. The molecule has 146 valence electrons. The number of hydrogen-bond donors (Lipinski definition) is 1. The summed E-state index contributed by atoms with van der Waals surface area (Å²) in [6.45, 7) is 7.55. The number of rotatable bonds is 4. The molecular weight excluding hydrogens is 380 g/mol. The number of likely N-dealkylation sites (tertiary alicyclic amines) is 1. The second-order valence-corrected chi connectivity index (χ2v) is 9.11. The Hall–Kier alpha value is -1.73. The topological polar surface area (TPSA) is 51.7 Å². The summed E-state index contributed by atoms with van der Waals surface area (Å²) in [6, 6.07) is 7.62. The predicted octanol–water partition coefficient (Wildman–Crippen LogP) is 5.13. The van der Waals surface area contributed by atoms with Gasteiger partial charge in [-0.1, -0.05) is 0 Å². The van der Waals surface area contributed by atoms with Gasteiger partial charge in [0.2, 0.25) is 0 Å². The molecule has 2 aromatic rings. The van der Waals surface area contributed by atoms with E-state index in [-0.39, 0.29) is 6.09 Å². The van der Waals surface area contributed by atoms with Crippen LogP contribution < -0.4 is 4.74 Å². The average molecular weight is 407 g/mol. The van der Waals surface area contributed by atoms with Gasteiger partial charge >= 0.3 is 6.09 Å². The first kappa shape index (κ1) is 20.0. The van der Waals surface area contributed by atoms with Gasteiger partial charge < -0.3 is 14.4 Å². The smallest absolute Gasteiger partial charge is 0.410 e. The number of thiol groups is 1. The van der Waals surface area contributed by atoms with Crippen molar-refractivity contribution in [3.63, 3.8) is 0 Å². The van der Waals surface area contributed by atoms with Gasteiger partial charge in [-0.2, -0.15) is 0 Å². The Morgan fingerprint density at radius 3 is 2.56 bits per heavy atom. The lowest BCUT2D eigenvalue weighted by Gasteiger charge is -2.32. The first-order chi connectivity index (χ1) is 12.8. The van der Waals surface area contributed by atoms with Crippen molar-refractivity contribution in [2.45, 2.75) is 56.6 Å². The van der Waals surface area contributed by atoms with Gasteiger partial charge in [-0.25, -0.2) is 9.78 Å². The van der Waals surface area contributed by atoms with Crippen molar-refractivity contribution < 1.29 is 14.3 Å². The molecule has 7 heteroatoms. The second-order valence-electron chi connectivity index (χ2n) is 7.70. The molecule has 1 aromatic heterocycles. The van der Waals surface area contributed by atoms with Crippen LogP contribution in [0.15, 0.2) is 34.5 Å². The quantitative estimate of drug-likeness (QED) is 0.716. The molecule has 3 rings (SSSR count). The maximum absolute atomic E-state index is 12.2. The number of benzene rings is 1. The van der Waals surface area contributed by atoms with Gasteiger partial charge in [0.15, 0.2) is 0 Å². The fourth-order valence-electron chi connectivity index (χ4n) is 2.91. The van der Waals surface area contributed by atoms with Crippen LogP contribution >= 0.6 is 24.0 Å². The minimum atomic E-state index is -0.453. The molecule has 1 aliphatic rings. The van der Waals surface area contributed by atoms with Crippen molar-refractivity contribution in [2.24, 2.45) is 0 Å². The summed E-state index contributed by atoms with van der Waals surface area (Å²) in [4.78, 5) is 19.6. The molecule has 1 aliphatic heterocycles. The highest BCUT2D eigenvalue weighted by molar-refractivity contribution is 7.80. The number of ether oxygens (including phenoxy) is 2. The zero-order chi connectivity index (χ0) is 19.4. The number of thiazole rings is 1. The summed E-state index contributed by atoms with van der Waals surface area (Å²) >= 11 is 5.95. The molecule has 0 radical (unpaired) electrons. The highest BCUT2D eigenvalue weighted by atomic mass is 32.1. The summed E-state index contributed by atoms with van der Waals surface area (Å²) in [5.41, 5.74) is 0.491. The molecule has 1 amide bonds. The van der Waals surface area contributed by atoms with Crippen LogP contribution in [0.4, 0.5) is 4.79 Å². The number of hydrogen-bond acceptors (Lipinski definition) is 6. The zero-order valence-electron chi connectivity index (χ0n) is 16.0. The Bertz CT molecular complexity index is 760. The number of aromatic nitrogens is 1. The van der Waals surface area contributed by atoms with E-state index < -0.39 is 5.60 Å². The first-order valence-corrected chi connectivity index (χ1v) is 10.5. The second kappa shape index (κ2) is 8.52. The summed E-state index contributed by atoms with van der Waals surface area (Å²) in [7, 11) is 0. The molecule has 0 atom stereocenters. The van der Waals surface area contributed by atoms with Crippen LogP contribution in [0.25, 0.3) is 0 Å². The number of piperidine rings is 1. The molecule has 2 heterocycles. The number of nitrogens with zero attached hydrogens (tertiary/aromatic N) is 2. The van der Waals surface area contributed by atoms with E-state index in [2.05, 4.69) is 18.0 Å². The van der Waals surface area contributed by atoms with Crippen LogP contribution in [0.2, 0.25) is 0 Å². The Morgan fingerprint density at radius 1 is 1.26 bits per heavy atom. The van der Waals surface area contributed by atoms with Gasteiger partial charge in [-0.15, -0.1) is 24.0 Å². The monoisotopic (exact) mass is 406 g/mol. The third-order valence-electron chi connectivity index (χ3n) is 4.29. The van der Waals surface area contributed by atoms with E-state index in [9.17, 15) is 4.79 Å². The van der Waals surface area contributed by atoms with E-state index in [1.54, 1.807) is 16.2 Å². The fourth-order valence-corrected chi connectivity index (χ4v) is 4.04. The SMILES string of the molecule is CC(C)(C)OC(=O)N1CCC(c2nc(COc3ccc(S)cc3)cs2)CC1. The Morgan fingerprint density at radius 2 is 1.93 bits per heavy atom. The fraction of sp³-hybridized carbons (Fsp3) is 0.500. The summed E-state index contributed by atoms with van der Waals surface area (Å²) in [5.74, 6) is 1.21. The van der Waals surface area contributed by atoms with Gasteiger partial charge in [0, 0.05) is 29.3 Å². The lowest BCUT2D eigenvalue weighted by atomic mass is 9.98. The molecule has 5 nitrogen and oxygen atoms in total. The first-order valence-electron chi connectivity index (χ1n) is 9.14. The lowest BCUT2D eigenvalue weighted by Crippen LogP contribution is -2.41. The molecule has 0 saturated carbocycles. The van der Waals surface area contributed by atoms with Crippen LogP contribution in [0.5, 0.6) is 5.75 Å². The van der Waals surface area contributed by atoms with E-state index in [4.69, 9.17) is 14.5 Å². The van der Waals surface area contributed by atoms with Crippen LogP contribution in [-0.2, 0) is 11.3 Å². The van der Waals surface area contributed by atoms with Crippen molar-refractivity contribution >= 4 is 30.1 Å². The molecular formula is C20H26N2O3S2. The van der Waals surface area contributed by atoms with Gasteiger partial charge in [0.1, 0.15) is 18.0 Å². The average Bonchev–Trinajstić information content (AvgIpc) is 3.09. The van der Waals surface area contributed by atoms with E-state index in [0.717, 1.165) is 34.2 Å². The highest BCUT2D eigenvalue weighted by Gasteiger charge is 2.28. The number of carbonyl (C=O) groups is 1. The van der Waals surface area contributed by atoms with Gasteiger partial charge in [-0.05, 0) is 57.9 Å². The van der Waals surface area contributed by atoms with E-state index >= 15 is 0 Å². The van der Waals surface area contributed by atoms with Crippen molar-refractivity contribution in [3.8, 4) is 5.75 Å². The van der Waals surface area contributed by atoms with Gasteiger partial charge in [0.05, 0.1) is 10.7 Å². The van der Waals surface area contributed by atoms with E-state index in [1.165, 1.54) is 0 Å². The highest BCUT2D eigenvalue weighted by Crippen LogP contribution is 2.31. The van der Waals surface area contributed by atoms with Crippen LogP contribution in [0.3, 0.4) is 0 Å². The van der Waals surface area contributed by atoms with Gasteiger partial charge in [-0.3, -0.25) is 0 Å². The minimum Gasteiger partial charge on any atom is -0.487 e. The van der Waals surface area contributed by atoms with Crippen molar-refractivity contribution in [1.29, 1.82) is 0 Å². The molecule has 0 unspecified atom stereocenters. The third kappa shape index (κ3) is 5.87. The molecule has 0 bridgehead atoms. The molecule has 1 aromatic carbocycles. The third-order valence-corrected chi connectivity index (χ3v) is 5.64. The van der Waals surface area contributed by atoms with Crippen LogP contribution in [0.1, 0.15) is 50.2 Å². The largest absolute Gasteiger partial charge is 0.487 e. The number of carbonyl (C=O) groups excluding carboxylic acids is 1. The number of amides is 1. The molecule has 1 saturated heterocycles. The lowest BCUT2D eigenvalue weighted by molar-refractivity contribution is 0.0205. The Balaban J connectivity index is 1.49. The maximum atomic E-state index is 12.2. The zero-order valence-corrected chi connectivity index (χ0v) is 17.7. The maximum Gasteiger partial charge on any atom is 0.410 e. The molecule has 0 aliphatic carbocycles. The standard InChI is InChI=1S/C20H26N2O3S2/c1-20(2,3)25-19(23)22-10-8-14(9-11-22)18-21-15(13-27-18)12-24-16-4-6-17(26)7-5-16/h4-7,13-14,26H,8-12H2,1-3H3.